The first-order valence-electron chi connectivity index (χ1n) is 8.77. The number of carbonyl (C=O) groups is 1. The van der Waals surface area contributed by atoms with Crippen molar-refractivity contribution in [1.82, 2.24) is 14.9 Å². The molecule has 0 saturated heterocycles. The van der Waals surface area contributed by atoms with E-state index in [0.717, 1.165) is 16.9 Å². The Labute approximate surface area is 161 Å². The summed E-state index contributed by atoms with van der Waals surface area (Å²) < 4.78 is 19.2. The lowest BCUT2D eigenvalue weighted by molar-refractivity contribution is -0.121. The fourth-order valence-electron chi connectivity index (χ4n) is 2.67. The van der Waals surface area contributed by atoms with Gasteiger partial charge in [-0.15, -0.1) is 0 Å². The van der Waals surface area contributed by atoms with Gasteiger partial charge in [0.25, 0.3) is 5.56 Å². The van der Waals surface area contributed by atoms with Crippen molar-refractivity contribution in [2.24, 2.45) is 0 Å². The summed E-state index contributed by atoms with van der Waals surface area (Å²) in [6.45, 7) is 0.286. The molecule has 0 fully saturated rings. The van der Waals surface area contributed by atoms with Crippen molar-refractivity contribution in [3.05, 3.63) is 82.7 Å². The van der Waals surface area contributed by atoms with Gasteiger partial charge in [0.05, 0.1) is 19.1 Å². The van der Waals surface area contributed by atoms with Crippen molar-refractivity contribution >= 4 is 5.91 Å². The van der Waals surface area contributed by atoms with Crippen LogP contribution in [0.2, 0.25) is 0 Å². The van der Waals surface area contributed by atoms with Gasteiger partial charge in [-0.25, -0.2) is 9.37 Å². The van der Waals surface area contributed by atoms with Crippen LogP contribution in [0.5, 0.6) is 5.75 Å². The summed E-state index contributed by atoms with van der Waals surface area (Å²) >= 11 is 0. The van der Waals surface area contributed by atoms with E-state index in [0.29, 0.717) is 18.7 Å². The second-order valence-corrected chi connectivity index (χ2v) is 6.20. The van der Waals surface area contributed by atoms with Crippen LogP contribution < -0.4 is 15.6 Å². The Morgan fingerprint density at radius 2 is 1.86 bits per heavy atom. The Balaban J connectivity index is 1.56. The van der Waals surface area contributed by atoms with Crippen LogP contribution in [0.1, 0.15) is 5.56 Å². The van der Waals surface area contributed by atoms with Crippen molar-refractivity contribution in [3.8, 4) is 17.0 Å². The Morgan fingerprint density at radius 1 is 1.14 bits per heavy atom. The Hall–Kier alpha value is -3.48. The predicted octanol–water partition coefficient (Wildman–Crippen LogP) is 2.42. The number of ether oxygens (including phenoxy) is 1. The molecule has 3 aromatic rings. The predicted molar refractivity (Wildman–Crippen MR) is 104 cm³/mol. The molecule has 0 saturated carbocycles. The van der Waals surface area contributed by atoms with Crippen LogP contribution in [0.25, 0.3) is 11.3 Å². The minimum atomic E-state index is -0.311. The molecule has 1 aromatic heterocycles. The number of aromatic nitrogens is 2. The average molecular weight is 381 g/mol. The standard InChI is InChI=1S/C21H20FN3O3/c1-28-18-8-4-16(5-9-18)19-12-21(27)25(14-24-19)13-20(26)23-11-10-15-2-6-17(22)7-3-15/h2-9,12,14H,10-11,13H2,1H3,(H,23,26). The van der Waals surface area contributed by atoms with Crippen molar-refractivity contribution in [3.63, 3.8) is 0 Å². The highest BCUT2D eigenvalue weighted by Crippen LogP contribution is 2.19. The number of carbonyl (C=O) groups excluding carboxylic acids is 1. The number of benzene rings is 2. The second-order valence-electron chi connectivity index (χ2n) is 6.20. The summed E-state index contributed by atoms with van der Waals surface area (Å²) in [6, 6.07) is 14.7. The monoisotopic (exact) mass is 381 g/mol. The minimum Gasteiger partial charge on any atom is -0.497 e. The molecule has 0 unspecified atom stereocenters. The maximum Gasteiger partial charge on any atom is 0.254 e. The van der Waals surface area contributed by atoms with E-state index in [1.807, 2.05) is 12.1 Å². The summed E-state index contributed by atoms with van der Waals surface area (Å²) in [5, 5.41) is 2.75. The molecular formula is C21H20FN3O3. The lowest BCUT2D eigenvalue weighted by Crippen LogP contribution is -2.33. The highest BCUT2D eigenvalue weighted by molar-refractivity contribution is 5.75. The first-order valence-corrected chi connectivity index (χ1v) is 8.77. The lowest BCUT2D eigenvalue weighted by atomic mass is 10.1. The van der Waals surface area contributed by atoms with Gasteiger partial charge in [0.2, 0.25) is 5.91 Å². The summed E-state index contributed by atoms with van der Waals surface area (Å²) in [4.78, 5) is 28.6. The third-order valence-electron chi connectivity index (χ3n) is 4.23. The Morgan fingerprint density at radius 3 is 2.50 bits per heavy atom. The Kier molecular flexibility index (Phi) is 6.16. The normalized spacial score (nSPS) is 10.5. The molecule has 144 valence electrons. The van der Waals surface area contributed by atoms with E-state index >= 15 is 0 Å². The van der Waals surface area contributed by atoms with Crippen LogP contribution in [0.4, 0.5) is 4.39 Å². The molecule has 3 rings (SSSR count). The summed E-state index contributed by atoms with van der Waals surface area (Å²) in [5.74, 6) is 0.135. The van der Waals surface area contributed by atoms with Gasteiger partial charge < -0.3 is 10.1 Å². The molecule has 28 heavy (non-hydrogen) atoms. The first-order chi connectivity index (χ1) is 13.5. The number of nitrogens with one attached hydrogen (secondary N) is 1. The molecular weight excluding hydrogens is 361 g/mol. The van der Waals surface area contributed by atoms with E-state index in [1.54, 1.807) is 31.4 Å². The van der Waals surface area contributed by atoms with Crippen molar-refractivity contribution in [2.75, 3.05) is 13.7 Å². The van der Waals surface area contributed by atoms with E-state index in [1.165, 1.54) is 29.1 Å². The number of hydrogen-bond donors (Lipinski definition) is 1. The average Bonchev–Trinajstić information content (AvgIpc) is 2.71. The van der Waals surface area contributed by atoms with Crippen LogP contribution >= 0.6 is 0 Å². The van der Waals surface area contributed by atoms with Gasteiger partial charge in [-0.1, -0.05) is 12.1 Å². The molecule has 0 spiro atoms. The van der Waals surface area contributed by atoms with Crippen LogP contribution in [0.15, 0.2) is 65.7 Å². The molecule has 0 radical (unpaired) electrons. The number of amides is 1. The molecule has 1 amide bonds. The largest absolute Gasteiger partial charge is 0.497 e. The first kappa shape index (κ1) is 19.3. The van der Waals surface area contributed by atoms with Gasteiger partial charge >= 0.3 is 0 Å². The highest BCUT2D eigenvalue weighted by atomic mass is 19.1. The minimum absolute atomic E-state index is 0.113. The zero-order chi connectivity index (χ0) is 19.9. The smallest absolute Gasteiger partial charge is 0.254 e. The van der Waals surface area contributed by atoms with Gasteiger partial charge in [-0.05, 0) is 48.4 Å². The fraction of sp³-hybridized carbons (Fsp3) is 0.190. The number of methoxy groups -OCH3 is 1. The molecule has 0 bridgehead atoms. The lowest BCUT2D eigenvalue weighted by Gasteiger charge is -2.08. The second kappa shape index (κ2) is 8.94. The molecule has 1 N–H and O–H groups in total. The molecule has 7 heteroatoms. The van der Waals surface area contributed by atoms with Gasteiger partial charge in [-0.2, -0.15) is 0 Å². The topological polar surface area (TPSA) is 73.2 Å². The van der Waals surface area contributed by atoms with Crippen molar-refractivity contribution in [2.45, 2.75) is 13.0 Å². The third-order valence-corrected chi connectivity index (χ3v) is 4.23. The van der Waals surface area contributed by atoms with Crippen LogP contribution in [0.3, 0.4) is 0 Å². The molecule has 0 atom stereocenters. The van der Waals surface area contributed by atoms with E-state index in [9.17, 15) is 14.0 Å². The quantitative estimate of drug-likeness (QED) is 0.682. The summed E-state index contributed by atoms with van der Waals surface area (Å²) in [7, 11) is 1.58. The van der Waals surface area contributed by atoms with E-state index < -0.39 is 0 Å². The molecule has 1 heterocycles. The number of halogens is 1. The van der Waals surface area contributed by atoms with E-state index in [-0.39, 0.29) is 23.8 Å². The van der Waals surface area contributed by atoms with Crippen LogP contribution in [-0.4, -0.2) is 29.1 Å². The fourth-order valence-corrected chi connectivity index (χ4v) is 2.67. The number of nitrogens with zero attached hydrogens (tertiary/aromatic N) is 2. The van der Waals surface area contributed by atoms with Gasteiger partial charge in [0.1, 0.15) is 18.1 Å². The van der Waals surface area contributed by atoms with E-state index in [2.05, 4.69) is 10.3 Å². The maximum absolute atomic E-state index is 12.9. The zero-order valence-electron chi connectivity index (χ0n) is 15.4. The number of hydrogen-bond acceptors (Lipinski definition) is 4. The van der Waals surface area contributed by atoms with Gasteiger partial charge in [-0.3, -0.25) is 14.2 Å². The molecule has 0 aliphatic carbocycles. The van der Waals surface area contributed by atoms with Crippen molar-refractivity contribution < 1.29 is 13.9 Å². The molecule has 0 aliphatic heterocycles. The maximum atomic E-state index is 12.9. The van der Waals surface area contributed by atoms with Gasteiger partial charge in [0.15, 0.2) is 0 Å². The highest BCUT2D eigenvalue weighted by Gasteiger charge is 2.07. The molecule has 0 aliphatic rings. The molecule has 2 aromatic carbocycles. The van der Waals surface area contributed by atoms with Crippen molar-refractivity contribution in [1.29, 1.82) is 0 Å². The summed E-state index contributed by atoms with van der Waals surface area (Å²) in [6.07, 6.45) is 1.94. The SMILES string of the molecule is COc1ccc(-c2cc(=O)n(CC(=O)NCCc3ccc(F)cc3)cn2)cc1. The summed E-state index contributed by atoms with van der Waals surface area (Å²) in [5.41, 5.74) is 1.92. The van der Waals surface area contributed by atoms with Crippen LogP contribution in [-0.2, 0) is 17.8 Å². The Bertz CT molecular complexity index is 999. The zero-order valence-corrected chi connectivity index (χ0v) is 15.4. The van der Waals surface area contributed by atoms with Gasteiger partial charge in [0, 0.05) is 18.2 Å². The number of rotatable bonds is 7. The van der Waals surface area contributed by atoms with E-state index in [4.69, 9.17) is 4.74 Å². The van der Waals surface area contributed by atoms with Crippen LogP contribution in [0, 0.1) is 5.82 Å². The molecule has 6 nitrogen and oxygen atoms in total. The third kappa shape index (κ3) is 5.03.